The van der Waals surface area contributed by atoms with Gasteiger partial charge in [0.25, 0.3) is 0 Å². The summed E-state index contributed by atoms with van der Waals surface area (Å²) in [7, 11) is 5.56. The van der Waals surface area contributed by atoms with Gasteiger partial charge in [-0.05, 0) is 41.8 Å². The molecule has 0 atom stereocenters. The fourth-order valence-corrected chi connectivity index (χ4v) is 2.40. The van der Waals surface area contributed by atoms with Gasteiger partial charge in [0.15, 0.2) is 0 Å². The normalized spacial score (nSPS) is 10.7. The summed E-state index contributed by atoms with van der Waals surface area (Å²) < 4.78 is 19.4. The van der Waals surface area contributed by atoms with Crippen molar-refractivity contribution in [2.24, 2.45) is 0 Å². The highest BCUT2D eigenvalue weighted by atomic mass is 19.1. The van der Waals surface area contributed by atoms with Crippen molar-refractivity contribution in [2.75, 3.05) is 26.1 Å². The fraction of sp³-hybridized carbons (Fsp3) is 0.167. The number of fused-ring (bicyclic) bond motifs is 1. The molecule has 0 N–H and O–H groups in total. The molecule has 0 fully saturated rings. The Morgan fingerprint density at radius 2 is 1.73 bits per heavy atom. The molecule has 0 saturated heterocycles. The predicted octanol–water partition coefficient (Wildman–Crippen LogP) is 4.12. The average molecular weight is 296 g/mol. The maximum absolute atomic E-state index is 14.2. The quantitative estimate of drug-likeness (QED) is 0.680. The van der Waals surface area contributed by atoms with Crippen LogP contribution < -0.4 is 9.64 Å². The maximum Gasteiger partial charge on any atom is 0.221 e. The smallest absolute Gasteiger partial charge is 0.221 e. The molecule has 3 nitrogen and oxygen atoms in total. The van der Waals surface area contributed by atoms with Gasteiger partial charge in [-0.25, -0.2) is 4.98 Å². The highest BCUT2D eigenvalue weighted by Gasteiger charge is 2.09. The van der Waals surface area contributed by atoms with Gasteiger partial charge in [-0.3, -0.25) is 0 Å². The van der Waals surface area contributed by atoms with Gasteiger partial charge in [0.1, 0.15) is 5.75 Å². The molecular formula is C18H17FN2O. The van der Waals surface area contributed by atoms with Crippen LogP contribution in [0.5, 0.6) is 5.75 Å². The summed E-state index contributed by atoms with van der Waals surface area (Å²) in [5, 5.41) is 1.27. The van der Waals surface area contributed by atoms with E-state index in [2.05, 4.69) is 4.98 Å². The van der Waals surface area contributed by atoms with Crippen LogP contribution in [-0.4, -0.2) is 26.2 Å². The number of anilines is 1. The van der Waals surface area contributed by atoms with Crippen molar-refractivity contribution in [3.05, 3.63) is 54.5 Å². The SMILES string of the molecule is COc1ccc2c(F)nc(-c3ccc(N(C)C)cc3)cc2c1. The Labute approximate surface area is 129 Å². The van der Waals surface area contributed by atoms with E-state index in [1.165, 1.54) is 0 Å². The number of hydrogen-bond donors (Lipinski definition) is 0. The van der Waals surface area contributed by atoms with Crippen molar-refractivity contribution in [3.8, 4) is 17.0 Å². The molecule has 0 saturated carbocycles. The van der Waals surface area contributed by atoms with Gasteiger partial charge in [-0.1, -0.05) is 12.1 Å². The van der Waals surface area contributed by atoms with Crippen molar-refractivity contribution in [3.63, 3.8) is 0 Å². The third-order valence-corrected chi connectivity index (χ3v) is 3.67. The van der Waals surface area contributed by atoms with E-state index in [1.54, 1.807) is 19.2 Å². The van der Waals surface area contributed by atoms with Crippen LogP contribution in [0.25, 0.3) is 22.0 Å². The van der Waals surface area contributed by atoms with E-state index < -0.39 is 5.95 Å². The van der Waals surface area contributed by atoms with Gasteiger partial charge in [0.2, 0.25) is 5.95 Å². The topological polar surface area (TPSA) is 25.4 Å². The van der Waals surface area contributed by atoms with E-state index in [0.29, 0.717) is 16.8 Å². The summed E-state index contributed by atoms with van der Waals surface area (Å²) >= 11 is 0. The van der Waals surface area contributed by atoms with E-state index in [1.807, 2.05) is 55.4 Å². The first-order chi connectivity index (χ1) is 10.6. The van der Waals surface area contributed by atoms with Crippen LogP contribution in [0.2, 0.25) is 0 Å². The van der Waals surface area contributed by atoms with Gasteiger partial charge >= 0.3 is 0 Å². The summed E-state index contributed by atoms with van der Waals surface area (Å²) in [5.41, 5.74) is 2.59. The Bertz CT molecular complexity index is 813. The van der Waals surface area contributed by atoms with Crippen LogP contribution in [0.15, 0.2) is 48.5 Å². The van der Waals surface area contributed by atoms with Gasteiger partial charge in [0.05, 0.1) is 12.8 Å². The van der Waals surface area contributed by atoms with E-state index in [9.17, 15) is 4.39 Å². The first-order valence-corrected chi connectivity index (χ1v) is 7.00. The van der Waals surface area contributed by atoms with Crippen molar-refractivity contribution in [1.82, 2.24) is 4.98 Å². The number of pyridine rings is 1. The van der Waals surface area contributed by atoms with Crippen LogP contribution in [0.1, 0.15) is 0 Å². The third-order valence-electron chi connectivity index (χ3n) is 3.67. The molecule has 0 aliphatic carbocycles. The highest BCUT2D eigenvalue weighted by molar-refractivity contribution is 5.87. The molecule has 0 bridgehead atoms. The lowest BCUT2D eigenvalue weighted by atomic mass is 10.1. The number of hydrogen-bond acceptors (Lipinski definition) is 3. The summed E-state index contributed by atoms with van der Waals surface area (Å²) in [4.78, 5) is 6.10. The number of aromatic nitrogens is 1. The van der Waals surface area contributed by atoms with Crippen LogP contribution in [-0.2, 0) is 0 Å². The molecule has 0 unspecified atom stereocenters. The molecule has 0 aliphatic rings. The minimum absolute atomic E-state index is 0.466. The standard InChI is InChI=1S/C18H17FN2O/c1-21(2)14-6-4-12(5-7-14)17-11-13-10-15(22-3)8-9-16(13)18(19)20-17/h4-11H,1-3H3. The van der Waals surface area contributed by atoms with Crippen LogP contribution >= 0.6 is 0 Å². The first-order valence-electron chi connectivity index (χ1n) is 7.00. The largest absolute Gasteiger partial charge is 0.497 e. The van der Waals surface area contributed by atoms with Crippen molar-refractivity contribution in [1.29, 1.82) is 0 Å². The van der Waals surface area contributed by atoms with Crippen molar-refractivity contribution in [2.45, 2.75) is 0 Å². The van der Waals surface area contributed by atoms with Crippen LogP contribution in [0.4, 0.5) is 10.1 Å². The molecule has 3 rings (SSSR count). The third kappa shape index (κ3) is 2.60. The molecule has 1 aromatic heterocycles. The predicted molar refractivity (Wildman–Crippen MR) is 88.0 cm³/mol. The van der Waals surface area contributed by atoms with Gasteiger partial charge < -0.3 is 9.64 Å². The minimum atomic E-state index is -0.466. The molecule has 0 amide bonds. The number of halogens is 1. The van der Waals surface area contributed by atoms with E-state index in [0.717, 1.165) is 16.6 Å². The number of methoxy groups -OCH3 is 1. The first kappa shape index (κ1) is 14.3. The Morgan fingerprint density at radius 3 is 2.36 bits per heavy atom. The second kappa shape index (κ2) is 5.64. The molecule has 22 heavy (non-hydrogen) atoms. The summed E-state index contributed by atoms with van der Waals surface area (Å²) in [5.74, 6) is 0.235. The Balaban J connectivity index is 2.10. The Hall–Kier alpha value is -2.62. The fourth-order valence-electron chi connectivity index (χ4n) is 2.40. The van der Waals surface area contributed by atoms with E-state index in [-0.39, 0.29) is 0 Å². The van der Waals surface area contributed by atoms with Gasteiger partial charge in [-0.2, -0.15) is 4.39 Å². The lowest BCUT2D eigenvalue weighted by Gasteiger charge is -2.13. The molecule has 112 valence electrons. The maximum atomic E-state index is 14.2. The number of ether oxygens (including phenoxy) is 1. The lowest BCUT2D eigenvalue weighted by molar-refractivity contribution is 0.415. The Morgan fingerprint density at radius 1 is 1.00 bits per heavy atom. The van der Waals surface area contributed by atoms with Gasteiger partial charge in [-0.15, -0.1) is 0 Å². The zero-order valence-corrected chi connectivity index (χ0v) is 12.8. The van der Waals surface area contributed by atoms with Crippen molar-refractivity contribution < 1.29 is 9.13 Å². The molecule has 1 heterocycles. The molecule has 0 spiro atoms. The molecule has 0 aliphatic heterocycles. The second-order valence-electron chi connectivity index (χ2n) is 5.33. The van der Waals surface area contributed by atoms with E-state index in [4.69, 9.17) is 4.74 Å². The van der Waals surface area contributed by atoms with Crippen molar-refractivity contribution >= 4 is 16.5 Å². The summed E-state index contributed by atoms with van der Waals surface area (Å²) in [6.07, 6.45) is 0. The number of benzene rings is 2. The number of nitrogens with zero attached hydrogens (tertiary/aromatic N) is 2. The van der Waals surface area contributed by atoms with E-state index >= 15 is 0 Å². The highest BCUT2D eigenvalue weighted by Crippen LogP contribution is 2.28. The minimum Gasteiger partial charge on any atom is -0.497 e. The zero-order chi connectivity index (χ0) is 15.7. The molecule has 0 radical (unpaired) electrons. The molecule has 2 aromatic carbocycles. The molecule has 4 heteroatoms. The number of rotatable bonds is 3. The van der Waals surface area contributed by atoms with Gasteiger partial charge in [0, 0.05) is 30.7 Å². The van der Waals surface area contributed by atoms with Crippen LogP contribution in [0.3, 0.4) is 0 Å². The average Bonchev–Trinajstić information content (AvgIpc) is 2.54. The monoisotopic (exact) mass is 296 g/mol. The lowest BCUT2D eigenvalue weighted by Crippen LogP contribution is -2.07. The summed E-state index contributed by atoms with van der Waals surface area (Å²) in [6, 6.07) is 15.0. The van der Waals surface area contributed by atoms with Crippen LogP contribution in [0, 0.1) is 5.95 Å². The second-order valence-corrected chi connectivity index (χ2v) is 5.33. The Kier molecular flexibility index (Phi) is 3.67. The zero-order valence-electron chi connectivity index (χ0n) is 12.8. The molecular weight excluding hydrogens is 279 g/mol. The molecule has 3 aromatic rings. The summed E-state index contributed by atoms with van der Waals surface area (Å²) in [6.45, 7) is 0.